The number of aromatic hydroxyl groups is 4. The molecule has 0 saturated heterocycles. The van der Waals surface area contributed by atoms with E-state index in [1.165, 1.54) is 0 Å². The fourth-order valence-corrected chi connectivity index (χ4v) is 2.15. The van der Waals surface area contributed by atoms with Crippen LogP contribution in [0.1, 0.15) is 26.3 Å². The molecule has 0 heterocycles. The Morgan fingerprint density at radius 2 is 1.52 bits per heavy atom. The molecule has 0 radical (unpaired) electrons. The van der Waals surface area contributed by atoms with E-state index in [0.29, 0.717) is 0 Å². The van der Waals surface area contributed by atoms with E-state index in [1.54, 1.807) is 20.8 Å². The number of benzene rings is 2. The van der Waals surface area contributed by atoms with Crippen LogP contribution in [-0.4, -0.2) is 31.3 Å². The van der Waals surface area contributed by atoms with Gasteiger partial charge in [0.15, 0.2) is 11.5 Å². The SMILES string of the molecule is CC(C)(C)C(=O)OCc1cc2c(O)c(O)c(O)c(O)c2cc1[N+](=O)[O-]. The number of phenolic OH excluding ortho intramolecular Hbond substituents is 4. The molecule has 0 bridgehead atoms. The molecule has 0 fully saturated rings. The van der Waals surface area contributed by atoms with Crippen molar-refractivity contribution < 1.29 is 34.9 Å². The Kier molecular flexibility index (Phi) is 4.35. The second kappa shape index (κ2) is 6.00. The molecule has 0 amide bonds. The van der Waals surface area contributed by atoms with E-state index in [4.69, 9.17) is 4.74 Å². The van der Waals surface area contributed by atoms with Gasteiger partial charge in [-0.25, -0.2) is 0 Å². The third-order valence-electron chi connectivity index (χ3n) is 3.57. The van der Waals surface area contributed by atoms with Crippen molar-refractivity contribution in [3.63, 3.8) is 0 Å². The van der Waals surface area contributed by atoms with Crippen LogP contribution in [0.3, 0.4) is 0 Å². The van der Waals surface area contributed by atoms with Crippen LogP contribution in [-0.2, 0) is 16.1 Å². The lowest BCUT2D eigenvalue weighted by atomic mass is 9.97. The predicted octanol–water partition coefficient (Wildman–Crippen LogP) is 2.66. The lowest BCUT2D eigenvalue weighted by Crippen LogP contribution is -2.22. The van der Waals surface area contributed by atoms with E-state index in [-0.39, 0.29) is 16.3 Å². The maximum absolute atomic E-state index is 11.8. The van der Waals surface area contributed by atoms with Crippen molar-refractivity contribution in [1.82, 2.24) is 0 Å². The standard InChI is InChI=1S/C16H17NO8/c1-16(2,3)15(22)25-6-7-4-8-9(5-10(7)17(23)24)12(19)14(21)13(20)11(8)18/h4-5,18-21H,6H2,1-3H3. The molecule has 2 aromatic rings. The Hall–Kier alpha value is -3.23. The van der Waals surface area contributed by atoms with Crippen LogP contribution in [0.2, 0.25) is 0 Å². The molecule has 134 valence electrons. The molecule has 9 nitrogen and oxygen atoms in total. The number of rotatable bonds is 3. The number of hydrogen-bond acceptors (Lipinski definition) is 8. The Balaban J connectivity index is 2.62. The molecule has 2 aromatic carbocycles. The van der Waals surface area contributed by atoms with Gasteiger partial charge >= 0.3 is 5.97 Å². The number of nitrogens with zero attached hydrogens (tertiary/aromatic N) is 1. The van der Waals surface area contributed by atoms with Crippen LogP contribution < -0.4 is 0 Å². The second-order valence-corrected chi connectivity index (χ2v) is 6.50. The topological polar surface area (TPSA) is 150 Å². The summed E-state index contributed by atoms with van der Waals surface area (Å²) in [5.74, 6) is -4.11. The normalized spacial score (nSPS) is 11.5. The molecule has 0 aliphatic rings. The summed E-state index contributed by atoms with van der Waals surface area (Å²) < 4.78 is 5.06. The van der Waals surface area contributed by atoms with Gasteiger partial charge in [-0.1, -0.05) is 0 Å². The van der Waals surface area contributed by atoms with Crippen LogP contribution in [0.5, 0.6) is 23.0 Å². The maximum atomic E-state index is 11.8. The van der Waals surface area contributed by atoms with Gasteiger partial charge in [0.25, 0.3) is 5.69 Å². The van der Waals surface area contributed by atoms with Crippen molar-refractivity contribution in [1.29, 1.82) is 0 Å². The van der Waals surface area contributed by atoms with Gasteiger partial charge in [-0.2, -0.15) is 0 Å². The molecule has 0 spiro atoms. The molecular formula is C16H17NO8. The van der Waals surface area contributed by atoms with Crippen molar-refractivity contribution in [2.24, 2.45) is 5.41 Å². The molecule has 25 heavy (non-hydrogen) atoms. The van der Waals surface area contributed by atoms with Gasteiger partial charge in [0.1, 0.15) is 6.61 Å². The van der Waals surface area contributed by atoms with E-state index >= 15 is 0 Å². The summed E-state index contributed by atoms with van der Waals surface area (Å²) in [5, 5.41) is 49.8. The number of hydrogen-bond donors (Lipinski definition) is 4. The molecule has 4 N–H and O–H groups in total. The smallest absolute Gasteiger partial charge is 0.311 e. The van der Waals surface area contributed by atoms with Crippen LogP contribution in [0.4, 0.5) is 5.69 Å². The lowest BCUT2D eigenvalue weighted by Gasteiger charge is -2.17. The Morgan fingerprint density at radius 3 is 1.96 bits per heavy atom. The third kappa shape index (κ3) is 3.21. The molecule has 2 rings (SSSR count). The van der Waals surface area contributed by atoms with Gasteiger partial charge in [-0.05, 0) is 26.8 Å². The summed E-state index contributed by atoms with van der Waals surface area (Å²) in [6, 6.07) is 2.03. The summed E-state index contributed by atoms with van der Waals surface area (Å²) in [4.78, 5) is 22.4. The maximum Gasteiger partial charge on any atom is 0.311 e. The quantitative estimate of drug-likeness (QED) is 0.217. The highest BCUT2D eigenvalue weighted by Gasteiger charge is 2.26. The number of nitro groups is 1. The highest BCUT2D eigenvalue weighted by Crippen LogP contribution is 2.49. The van der Waals surface area contributed by atoms with E-state index in [1.807, 2.05) is 0 Å². The average molecular weight is 351 g/mol. The number of esters is 1. The Morgan fingerprint density at radius 1 is 1.04 bits per heavy atom. The summed E-state index contributed by atoms with van der Waals surface area (Å²) in [6.45, 7) is 4.42. The first-order valence-corrected chi connectivity index (χ1v) is 7.19. The van der Waals surface area contributed by atoms with Gasteiger partial charge in [0.2, 0.25) is 11.5 Å². The first-order chi connectivity index (χ1) is 11.4. The van der Waals surface area contributed by atoms with Crippen LogP contribution in [0.25, 0.3) is 10.8 Å². The molecule has 0 aliphatic carbocycles. The van der Waals surface area contributed by atoms with E-state index < -0.39 is 51.6 Å². The highest BCUT2D eigenvalue weighted by atomic mass is 16.6. The van der Waals surface area contributed by atoms with Crippen molar-refractivity contribution in [3.8, 4) is 23.0 Å². The number of fused-ring (bicyclic) bond motifs is 1. The lowest BCUT2D eigenvalue weighted by molar-refractivity contribution is -0.385. The van der Waals surface area contributed by atoms with Crippen molar-refractivity contribution in [2.45, 2.75) is 27.4 Å². The zero-order chi connectivity index (χ0) is 19.1. The minimum absolute atomic E-state index is 0.0464. The van der Waals surface area contributed by atoms with Crippen LogP contribution >= 0.6 is 0 Å². The fourth-order valence-electron chi connectivity index (χ4n) is 2.15. The average Bonchev–Trinajstić information content (AvgIpc) is 2.53. The number of carbonyl (C=O) groups is 1. The summed E-state index contributed by atoms with van der Waals surface area (Å²) in [7, 11) is 0. The molecule has 9 heteroatoms. The summed E-state index contributed by atoms with van der Waals surface area (Å²) >= 11 is 0. The fraction of sp³-hybridized carbons (Fsp3) is 0.312. The van der Waals surface area contributed by atoms with Gasteiger partial charge in [0.05, 0.1) is 15.9 Å². The molecule has 0 atom stereocenters. The molecule has 0 aromatic heterocycles. The number of nitro benzene ring substituents is 1. The molecular weight excluding hydrogens is 334 g/mol. The second-order valence-electron chi connectivity index (χ2n) is 6.50. The Bertz CT molecular complexity index is 882. The first-order valence-electron chi connectivity index (χ1n) is 7.19. The summed E-state index contributed by atoms with van der Waals surface area (Å²) in [6.07, 6.45) is 0. The third-order valence-corrected chi connectivity index (χ3v) is 3.57. The Labute approximate surface area is 141 Å². The van der Waals surface area contributed by atoms with E-state index in [2.05, 4.69) is 0 Å². The van der Waals surface area contributed by atoms with Gasteiger partial charge in [-0.15, -0.1) is 0 Å². The molecule has 0 saturated carbocycles. The number of carbonyl (C=O) groups excluding carboxylic acids is 1. The zero-order valence-electron chi connectivity index (χ0n) is 13.7. The molecule has 0 unspecified atom stereocenters. The predicted molar refractivity (Wildman–Crippen MR) is 86.5 cm³/mol. The van der Waals surface area contributed by atoms with Crippen molar-refractivity contribution in [3.05, 3.63) is 27.8 Å². The minimum atomic E-state index is -0.994. The first kappa shape index (κ1) is 18.1. The van der Waals surface area contributed by atoms with Gasteiger partial charge in [0, 0.05) is 16.8 Å². The van der Waals surface area contributed by atoms with E-state index in [0.717, 1.165) is 12.1 Å². The van der Waals surface area contributed by atoms with Crippen LogP contribution in [0, 0.1) is 15.5 Å². The zero-order valence-corrected chi connectivity index (χ0v) is 13.7. The number of ether oxygens (including phenoxy) is 1. The van der Waals surface area contributed by atoms with Crippen LogP contribution in [0.15, 0.2) is 12.1 Å². The molecule has 0 aliphatic heterocycles. The number of phenols is 4. The van der Waals surface area contributed by atoms with Gasteiger partial charge in [-0.3, -0.25) is 14.9 Å². The highest BCUT2D eigenvalue weighted by molar-refractivity contribution is 5.99. The van der Waals surface area contributed by atoms with E-state index in [9.17, 15) is 35.3 Å². The van der Waals surface area contributed by atoms with Crippen molar-refractivity contribution >= 4 is 22.4 Å². The van der Waals surface area contributed by atoms with Gasteiger partial charge < -0.3 is 25.2 Å². The largest absolute Gasteiger partial charge is 0.504 e. The monoisotopic (exact) mass is 351 g/mol. The minimum Gasteiger partial charge on any atom is -0.504 e. The summed E-state index contributed by atoms with van der Waals surface area (Å²) in [5.41, 5.74) is -1.33. The van der Waals surface area contributed by atoms with Crippen molar-refractivity contribution in [2.75, 3.05) is 0 Å².